The Kier molecular flexibility index (Phi) is 3.20. The van der Waals surface area contributed by atoms with Crippen molar-refractivity contribution in [2.24, 2.45) is 5.73 Å². The summed E-state index contributed by atoms with van der Waals surface area (Å²) in [6.45, 7) is 4.22. The van der Waals surface area contributed by atoms with Crippen LogP contribution in [0.1, 0.15) is 28.3 Å². The molecular weight excluding hydrogens is 246 g/mol. The molecule has 1 heterocycles. The largest absolute Gasteiger partial charge is 0.320 e. The van der Waals surface area contributed by atoms with Gasteiger partial charge in [-0.15, -0.1) is 0 Å². The molecule has 0 bridgehead atoms. The molecule has 3 aromatic rings. The van der Waals surface area contributed by atoms with E-state index in [0.29, 0.717) is 0 Å². The Hall–Kier alpha value is -2.26. The van der Waals surface area contributed by atoms with Gasteiger partial charge < -0.3 is 5.73 Å². The first-order valence-corrected chi connectivity index (χ1v) is 6.69. The van der Waals surface area contributed by atoms with Crippen molar-refractivity contribution in [1.82, 2.24) is 9.97 Å². The minimum absolute atomic E-state index is 0.138. The van der Waals surface area contributed by atoms with Gasteiger partial charge in [-0.25, -0.2) is 0 Å². The Morgan fingerprint density at radius 1 is 0.950 bits per heavy atom. The van der Waals surface area contributed by atoms with Crippen LogP contribution in [0, 0.1) is 13.8 Å². The molecule has 3 nitrogen and oxygen atoms in total. The van der Waals surface area contributed by atoms with Gasteiger partial charge in [-0.2, -0.15) is 0 Å². The van der Waals surface area contributed by atoms with Crippen molar-refractivity contribution < 1.29 is 0 Å². The van der Waals surface area contributed by atoms with Crippen molar-refractivity contribution in [3.63, 3.8) is 0 Å². The molecule has 0 radical (unpaired) electrons. The fraction of sp³-hybridized carbons (Fsp3) is 0.176. The summed E-state index contributed by atoms with van der Waals surface area (Å²) in [6, 6.07) is 12.1. The van der Waals surface area contributed by atoms with Gasteiger partial charge in [-0.1, -0.05) is 24.3 Å². The maximum Gasteiger partial charge on any atom is 0.0890 e. The standard InChI is InChI=1S/C17H17N3/c1-11-4-3-5-14(12(11)2)17(18)13-6-7-15-16(10-13)20-9-8-19-15/h3-10,17H,18H2,1-2H3. The van der Waals surface area contributed by atoms with Crippen LogP contribution < -0.4 is 5.73 Å². The lowest BCUT2D eigenvalue weighted by Gasteiger charge is -2.17. The lowest BCUT2D eigenvalue weighted by molar-refractivity contribution is 0.860. The van der Waals surface area contributed by atoms with Crippen LogP contribution in [-0.4, -0.2) is 9.97 Å². The minimum Gasteiger partial charge on any atom is -0.320 e. The topological polar surface area (TPSA) is 51.8 Å². The molecule has 2 aromatic carbocycles. The van der Waals surface area contributed by atoms with Gasteiger partial charge in [0.25, 0.3) is 0 Å². The van der Waals surface area contributed by atoms with Crippen LogP contribution in [-0.2, 0) is 0 Å². The summed E-state index contributed by atoms with van der Waals surface area (Å²) in [5.41, 5.74) is 12.9. The number of rotatable bonds is 2. The lowest BCUT2D eigenvalue weighted by atomic mass is 9.93. The van der Waals surface area contributed by atoms with E-state index in [1.807, 2.05) is 18.2 Å². The number of aromatic nitrogens is 2. The summed E-state index contributed by atoms with van der Waals surface area (Å²) in [5, 5.41) is 0. The molecule has 0 fully saturated rings. The predicted molar refractivity (Wildman–Crippen MR) is 81.5 cm³/mol. The van der Waals surface area contributed by atoms with Gasteiger partial charge in [0.15, 0.2) is 0 Å². The van der Waals surface area contributed by atoms with Crippen LogP contribution in [0.4, 0.5) is 0 Å². The van der Waals surface area contributed by atoms with Crippen molar-refractivity contribution in [2.45, 2.75) is 19.9 Å². The molecule has 0 saturated heterocycles. The monoisotopic (exact) mass is 263 g/mol. The summed E-state index contributed by atoms with van der Waals surface area (Å²) in [4.78, 5) is 8.62. The number of benzene rings is 2. The summed E-state index contributed by atoms with van der Waals surface area (Å²) >= 11 is 0. The maximum absolute atomic E-state index is 6.43. The van der Waals surface area contributed by atoms with E-state index < -0.39 is 0 Å². The number of nitrogens with zero attached hydrogens (tertiary/aromatic N) is 2. The highest BCUT2D eigenvalue weighted by molar-refractivity contribution is 5.74. The third-order valence-electron chi connectivity index (χ3n) is 3.83. The van der Waals surface area contributed by atoms with E-state index >= 15 is 0 Å². The van der Waals surface area contributed by atoms with Crippen LogP contribution in [0.15, 0.2) is 48.8 Å². The van der Waals surface area contributed by atoms with Gasteiger partial charge in [0.1, 0.15) is 0 Å². The summed E-state index contributed by atoms with van der Waals surface area (Å²) in [6.07, 6.45) is 3.40. The summed E-state index contributed by atoms with van der Waals surface area (Å²) in [5.74, 6) is 0. The van der Waals surface area contributed by atoms with E-state index in [-0.39, 0.29) is 6.04 Å². The van der Waals surface area contributed by atoms with Gasteiger partial charge >= 0.3 is 0 Å². The molecule has 0 amide bonds. The van der Waals surface area contributed by atoms with E-state index in [1.54, 1.807) is 12.4 Å². The average Bonchev–Trinajstić information content (AvgIpc) is 2.49. The van der Waals surface area contributed by atoms with Gasteiger partial charge in [0, 0.05) is 12.4 Å². The van der Waals surface area contributed by atoms with Crippen molar-refractivity contribution in [3.8, 4) is 0 Å². The molecule has 1 atom stereocenters. The van der Waals surface area contributed by atoms with Crippen LogP contribution in [0.5, 0.6) is 0 Å². The van der Waals surface area contributed by atoms with Crippen LogP contribution >= 0.6 is 0 Å². The van der Waals surface area contributed by atoms with E-state index in [0.717, 1.165) is 22.2 Å². The zero-order valence-electron chi connectivity index (χ0n) is 11.7. The third kappa shape index (κ3) is 2.17. The molecule has 0 spiro atoms. The molecule has 0 aliphatic heterocycles. The number of hydrogen-bond acceptors (Lipinski definition) is 3. The highest BCUT2D eigenvalue weighted by Crippen LogP contribution is 2.25. The van der Waals surface area contributed by atoms with E-state index in [9.17, 15) is 0 Å². The highest BCUT2D eigenvalue weighted by Gasteiger charge is 2.13. The zero-order chi connectivity index (χ0) is 14.1. The SMILES string of the molecule is Cc1cccc(C(N)c2ccc3nccnc3c2)c1C. The number of nitrogens with two attached hydrogens (primary N) is 1. The van der Waals surface area contributed by atoms with Gasteiger partial charge in [-0.3, -0.25) is 9.97 Å². The molecule has 100 valence electrons. The van der Waals surface area contributed by atoms with Gasteiger partial charge in [-0.05, 0) is 48.2 Å². The summed E-state index contributed by atoms with van der Waals surface area (Å²) in [7, 11) is 0. The molecule has 0 aliphatic carbocycles. The Labute approximate surface area is 118 Å². The number of fused-ring (bicyclic) bond motifs is 1. The molecule has 2 N–H and O–H groups in total. The third-order valence-corrected chi connectivity index (χ3v) is 3.83. The Morgan fingerprint density at radius 3 is 2.50 bits per heavy atom. The highest BCUT2D eigenvalue weighted by atomic mass is 14.8. The second-order valence-corrected chi connectivity index (χ2v) is 5.07. The maximum atomic E-state index is 6.43. The minimum atomic E-state index is -0.138. The normalized spacial score (nSPS) is 12.6. The first kappa shape index (κ1) is 12.8. The first-order chi connectivity index (χ1) is 9.66. The average molecular weight is 263 g/mol. The summed E-state index contributed by atoms with van der Waals surface area (Å²) < 4.78 is 0. The Morgan fingerprint density at radius 2 is 1.70 bits per heavy atom. The van der Waals surface area contributed by atoms with Gasteiger partial charge in [0.05, 0.1) is 17.1 Å². The lowest BCUT2D eigenvalue weighted by Crippen LogP contribution is -2.13. The Bertz CT molecular complexity index is 765. The van der Waals surface area contributed by atoms with Crippen LogP contribution in [0.2, 0.25) is 0 Å². The number of aryl methyl sites for hydroxylation is 1. The molecule has 3 rings (SSSR count). The van der Waals surface area contributed by atoms with Crippen LogP contribution in [0.25, 0.3) is 11.0 Å². The first-order valence-electron chi connectivity index (χ1n) is 6.69. The van der Waals surface area contributed by atoms with Crippen molar-refractivity contribution >= 4 is 11.0 Å². The Balaban J connectivity index is 2.08. The fourth-order valence-corrected chi connectivity index (χ4v) is 2.46. The van der Waals surface area contributed by atoms with Crippen molar-refractivity contribution in [3.05, 3.63) is 71.0 Å². The zero-order valence-corrected chi connectivity index (χ0v) is 11.7. The molecule has 3 heteroatoms. The van der Waals surface area contributed by atoms with Gasteiger partial charge in [0.2, 0.25) is 0 Å². The molecular formula is C17H17N3. The van der Waals surface area contributed by atoms with Crippen molar-refractivity contribution in [1.29, 1.82) is 0 Å². The van der Waals surface area contributed by atoms with Crippen LogP contribution in [0.3, 0.4) is 0 Å². The van der Waals surface area contributed by atoms with Crippen molar-refractivity contribution in [2.75, 3.05) is 0 Å². The van der Waals surface area contributed by atoms with E-state index in [1.165, 1.54) is 11.1 Å². The second-order valence-electron chi connectivity index (χ2n) is 5.07. The molecule has 0 saturated carbocycles. The molecule has 1 unspecified atom stereocenters. The predicted octanol–water partition coefficient (Wildman–Crippen LogP) is 3.29. The second kappa shape index (κ2) is 5.02. The van der Waals surface area contributed by atoms with E-state index in [4.69, 9.17) is 5.73 Å². The fourth-order valence-electron chi connectivity index (χ4n) is 2.46. The molecule has 20 heavy (non-hydrogen) atoms. The van der Waals surface area contributed by atoms with E-state index in [2.05, 4.69) is 42.0 Å². The molecule has 0 aliphatic rings. The molecule has 1 aromatic heterocycles. The quantitative estimate of drug-likeness (QED) is 0.771. The number of hydrogen-bond donors (Lipinski definition) is 1. The smallest absolute Gasteiger partial charge is 0.0890 e.